The Hall–Kier alpha value is -0.280. The highest BCUT2D eigenvalue weighted by Crippen LogP contribution is 2.09. The number of morpholine rings is 1. The summed E-state index contributed by atoms with van der Waals surface area (Å²) in [6.45, 7) is 2.35. The van der Waals surface area contributed by atoms with E-state index >= 15 is 0 Å². The molecule has 0 bridgehead atoms. The molecule has 10 heavy (non-hydrogen) atoms. The first-order valence-corrected chi connectivity index (χ1v) is 3.57. The molecule has 0 atom stereocenters. The lowest BCUT2D eigenvalue weighted by atomic mass is 10.4. The SMILES string of the molecule is FC(=CCl)N1CCOCC1. The van der Waals surface area contributed by atoms with Crippen molar-refractivity contribution in [1.29, 1.82) is 0 Å². The first-order valence-electron chi connectivity index (χ1n) is 3.13. The highest BCUT2D eigenvalue weighted by atomic mass is 35.5. The van der Waals surface area contributed by atoms with Crippen LogP contribution in [0.5, 0.6) is 0 Å². The second-order valence-corrected chi connectivity index (χ2v) is 2.25. The summed E-state index contributed by atoms with van der Waals surface area (Å²) >= 11 is 5.17. The van der Waals surface area contributed by atoms with Crippen molar-refractivity contribution in [3.05, 3.63) is 11.5 Å². The van der Waals surface area contributed by atoms with Crippen molar-refractivity contribution in [2.45, 2.75) is 0 Å². The average molecular weight is 166 g/mol. The van der Waals surface area contributed by atoms with Crippen molar-refractivity contribution in [2.75, 3.05) is 26.3 Å². The van der Waals surface area contributed by atoms with Crippen molar-refractivity contribution >= 4 is 11.6 Å². The number of hydrogen-bond donors (Lipinski definition) is 0. The molecule has 1 fully saturated rings. The van der Waals surface area contributed by atoms with E-state index in [1.54, 1.807) is 4.90 Å². The standard InChI is InChI=1S/C6H9ClFNO/c7-5-6(8)9-1-3-10-4-2-9/h5H,1-4H2. The van der Waals surface area contributed by atoms with Crippen LogP contribution >= 0.6 is 11.6 Å². The van der Waals surface area contributed by atoms with Gasteiger partial charge in [0.25, 0.3) is 0 Å². The summed E-state index contributed by atoms with van der Waals surface area (Å²) in [6.07, 6.45) is 0. The zero-order valence-electron chi connectivity index (χ0n) is 5.52. The van der Waals surface area contributed by atoms with Crippen LogP contribution in [0.1, 0.15) is 0 Å². The summed E-state index contributed by atoms with van der Waals surface area (Å²) in [5.74, 6) is -0.370. The summed E-state index contributed by atoms with van der Waals surface area (Å²) in [7, 11) is 0. The largest absolute Gasteiger partial charge is 0.378 e. The van der Waals surface area contributed by atoms with Crippen molar-refractivity contribution in [3.8, 4) is 0 Å². The van der Waals surface area contributed by atoms with Crippen LogP contribution in [0.2, 0.25) is 0 Å². The zero-order valence-corrected chi connectivity index (χ0v) is 6.27. The van der Waals surface area contributed by atoms with Crippen LogP contribution < -0.4 is 0 Å². The van der Waals surface area contributed by atoms with E-state index in [9.17, 15) is 4.39 Å². The van der Waals surface area contributed by atoms with Gasteiger partial charge in [0, 0.05) is 13.1 Å². The molecule has 0 saturated carbocycles. The van der Waals surface area contributed by atoms with Crippen LogP contribution in [0.15, 0.2) is 11.5 Å². The Morgan fingerprint density at radius 2 is 2.10 bits per heavy atom. The minimum atomic E-state index is -0.370. The van der Waals surface area contributed by atoms with Gasteiger partial charge < -0.3 is 9.64 Å². The number of nitrogens with zero attached hydrogens (tertiary/aromatic N) is 1. The lowest BCUT2D eigenvalue weighted by Crippen LogP contribution is -2.34. The van der Waals surface area contributed by atoms with Gasteiger partial charge >= 0.3 is 0 Å². The molecule has 1 saturated heterocycles. The molecule has 0 spiro atoms. The normalized spacial score (nSPS) is 21.4. The summed E-state index contributed by atoms with van der Waals surface area (Å²) in [5, 5.41) is 0. The smallest absolute Gasteiger partial charge is 0.201 e. The lowest BCUT2D eigenvalue weighted by molar-refractivity contribution is 0.0426. The maximum absolute atomic E-state index is 12.6. The first kappa shape index (κ1) is 7.82. The molecule has 0 unspecified atom stereocenters. The second kappa shape index (κ2) is 3.78. The van der Waals surface area contributed by atoms with Crippen LogP contribution in [-0.4, -0.2) is 31.2 Å². The molecule has 0 N–H and O–H groups in total. The molecule has 0 radical (unpaired) electrons. The van der Waals surface area contributed by atoms with Crippen molar-refractivity contribution < 1.29 is 9.13 Å². The summed E-state index contributed by atoms with van der Waals surface area (Å²) < 4.78 is 17.6. The predicted octanol–water partition coefficient (Wildman–Crippen LogP) is 1.33. The molecule has 1 rings (SSSR count). The molecule has 0 aromatic heterocycles. The fourth-order valence-corrected chi connectivity index (χ4v) is 0.984. The van der Waals surface area contributed by atoms with E-state index < -0.39 is 0 Å². The van der Waals surface area contributed by atoms with E-state index in [1.807, 2.05) is 0 Å². The van der Waals surface area contributed by atoms with Gasteiger partial charge in [-0.2, -0.15) is 4.39 Å². The van der Waals surface area contributed by atoms with Gasteiger partial charge in [0.2, 0.25) is 5.95 Å². The van der Waals surface area contributed by atoms with Crippen molar-refractivity contribution in [1.82, 2.24) is 4.90 Å². The van der Waals surface area contributed by atoms with Gasteiger partial charge in [-0.05, 0) is 0 Å². The molecule has 4 heteroatoms. The molecular weight excluding hydrogens is 157 g/mol. The molecule has 58 valence electrons. The number of ether oxygens (including phenoxy) is 1. The molecular formula is C6H9ClFNO. The fourth-order valence-electron chi connectivity index (χ4n) is 0.846. The molecule has 2 nitrogen and oxygen atoms in total. The number of hydrogen-bond acceptors (Lipinski definition) is 2. The molecule has 0 aromatic rings. The van der Waals surface area contributed by atoms with Crippen LogP contribution in [0.25, 0.3) is 0 Å². The molecule has 0 amide bonds. The lowest BCUT2D eigenvalue weighted by Gasteiger charge is -2.26. The monoisotopic (exact) mass is 165 g/mol. The quantitative estimate of drug-likeness (QED) is 0.544. The Kier molecular flexibility index (Phi) is 2.96. The van der Waals surface area contributed by atoms with Crippen LogP contribution in [-0.2, 0) is 4.74 Å². The molecule has 1 aliphatic heterocycles. The molecule has 1 aliphatic rings. The average Bonchev–Trinajstić information content (AvgIpc) is 2.05. The Morgan fingerprint density at radius 3 is 2.60 bits per heavy atom. The van der Waals surface area contributed by atoms with Crippen molar-refractivity contribution in [3.63, 3.8) is 0 Å². The first-order chi connectivity index (χ1) is 4.84. The highest BCUT2D eigenvalue weighted by Gasteiger charge is 2.11. The van der Waals surface area contributed by atoms with E-state index in [0.717, 1.165) is 5.54 Å². The third-order valence-electron chi connectivity index (χ3n) is 1.40. The molecule has 0 aliphatic carbocycles. The molecule has 0 aromatic carbocycles. The van der Waals surface area contributed by atoms with E-state index in [0.29, 0.717) is 26.3 Å². The van der Waals surface area contributed by atoms with Gasteiger partial charge in [0.1, 0.15) is 0 Å². The minimum Gasteiger partial charge on any atom is -0.378 e. The summed E-state index contributed by atoms with van der Waals surface area (Å²) in [6, 6.07) is 0. The van der Waals surface area contributed by atoms with E-state index in [-0.39, 0.29) is 5.95 Å². The Labute approximate surface area is 64.2 Å². The van der Waals surface area contributed by atoms with Crippen LogP contribution in [0.4, 0.5) is 4.39 Å². The third-order valence-corrected chi connectivity index (χ3v) is 1.58. The van der Waals surface area contributed by atoms with Gasteiger partial charge in [-0.15, -0.1) is 0 Å². The van der Waals surface area contributed by atoms with Crippen LogP contribution in [0.3, 0.4) is 0 Å². The topological polar surface area (TPSA) is 12.5 Å². The van der Waals surface area contributed by atoms with Gasteiger partial charge in [-0.1, -0.05) is 11.6 Å². The van der Waals surface area contributed by atoms with Gasteiger partial charge in [-0.3, -0.25) is 0 Å². The van der Waals surface area contributed by atoms with Gasteiger partial charge in [-0.25, -0.2) is 0 Å². The predicted molar refractivity (Wildman–Crippen MR) is 37.4 cm³/mol. The van der Waals surface area contributed by atoms with E-state index in [2.05, 4.69) is 0 Å². The Balaban J connectivity index is 2.39. The maximum atomic E-state index is 12.6. The van der Waals surface area contributed by atoms with Gasteiger partial charge in [0.05, 0.1) is 18.7 Å². The van der Waals surface area contributed by atoms with Gasteiger partial charge in [0.15, 0.2) is 0 Å². The summed E-state index contributed by atoms with van der Waals surface area (Å²) in [4.78, 5) is 1.55. The van der Waals surface area contributed by atoms with E-state index in [4.69, 9.17) is 16.3 Å². The van der Waals surface area contributed by atoms with E-state index in [1.165, 1.54) is 0 Å². The molecule has 1 heterocycles. The zero-order chi connectivity index (χ0) is 7.40. The fraction of sp³-hybridized carbons (Fsp3) is 0.667. The second-order valence-electron chi connectivity index (χ2n) is 2.03. The number of halogens is 2. The Morgan fingerprint density at radius 1 is 1.50 bits per heavy atom. The number of rotatable bonds is 1. The maximum Gasteiger partial charge on any atom is 0.201 e. The Bertz CT molecular complexity index is 134. The highest BCUT2D eigenvalue weighted by molar-refractivity contribution is 6.25. The summed E-state index contributed by atoms with van der Waals surface area (Å²) in [5.41, 5.74) is 0.950. The third kappa shape index (κ3) is 1.85. The minimum absolute atomic E-state index is 0.370. The van der Waals surface area contributed by atoms with Crippen molar-refractivity contribution in [2.24, 2.45) is 0 Å². The van der Waals surface area contributed by atoms with Crippen LogP contribution in [0, 0.1) is 0 Å².